The number of benzene rings is 1. The molecule has 92 valence electrons. The van der Waals surface area contributed by atoms with E-state index in [0.717, 1.165) is 31.4 Å². The van der Waals surface area contributed by atoms with Crippen LogP contribution in [0.15, 0.2) is 24.3 Å². The molecule has 2 nitrogen and oxygen atoms in total. The molecule has 0 saturated carbocycles. The highest BCUT2D eigenvalue weighted by molar-refractivity contribution is 5.47. The Balaban J connectivity index is 2.79. The summed E-state index contributed by atoms with van der Waals surface area (Å²) in [4.78, 5) is 0. The highest BCUT2D eigenvalue weighted by Gasteiger charge is 2.26. The number of nitrogens with zero attached hydrogens (tertiary/aromatic N) is 1. The lowest BCUT2D eigenvalue weighted by molar-refractivity contribution is 0.497. The van der Waals surface area contributed by atoms with Crippen LogP contribution in [0.3, 0.4) is 0 Å². The molecule has 3 heteroatoms. The molecule has 0 saturated heterocycles. The average molecular weight is 234 g/mol. The van der Waals surface area contributed by atoms with Gasteiger partial charge in [0.2, 0.25) is 0 Å². The van der Waals surface area contributed by atoms with Crippen molar-refractivity contribution in [2.75, 3.05) is 5.32 Å². The molecule has 1 aromatic rings. The Kier molecular flexibility index (Phi) is 4.96. The maximum atomic E-state index is 12.8. The fourth-order valence-corrected chi connectivity index (χ4v) is 1.78. The minimum Gasteiger partial charge on any atom is -0.367 e. The van der Waals surface area contributed by atoms with Crippen LogP contribution in [0.1, 0.15) is 39.5 Å². The smallest absolute Gasteiger partial charge is 0.125 e. The molecular weight excluding hydrogens is 215 g/mol. The van der Waals surface area contributed by atoms with Crippen LogP contribution in [-0.2, 0) is 0 Å². The van der Waals surface area contributed by atoms with Crippen molar-refractivity contribution in [1.82, 2.24) is 0 Å². The van der Waals surface area contributed by atoms with Crippen molar-refractivity contribution in [1.29, 1.82) is 5.26 Å². The minimum atomic E-state index is -0.534. The molecule has 0 aliphatic carbocycles. The van der Waals surface area contributed by atoms with E-state index in [1.54, 1.807) is 12.1 Å². The van der Waals surface area contributed by atoms with Gasteiger partial charge in [-0.1, -0.05) is 26.7 Å². The van der Waals surface area contributed by atoms with Crippen molar-refractivity contribution in [2.24, 2.45) is 0 Å². The van der Waals surface area contributed by atoms with Gasteiger partial charge in [0.05, 0.1) is 6.07 Å². The van der Waals surface area contributed by atoms with Crippen LogP contribution in [0, 0.1) is 17.1 Å². The molecule has 1 rings (SSSR count). The number of nitriles is 1. The van der Waals surface area contributed by atoms with E-state index < -0.39 is 5.54 Å². The van der Waals surface area contributed by atoms with Crippen molar-refractivity contribution in [3.8, 4) is 6.07 Å². The normalized spacial score (nSPS) is 13.8. The van der Waals surface area contributed by atoms with Gasteiger partial charge in [-0.15, -0.1) is 0 Å². The number of nitrogens with one attached hydrogen (secondary N) is 1. The number of rotatable bonds is 6. The van der Waals surface area contributed by atoms with Crippen LogP contribution in [0.25, 0.3) is 0 Å². The van der Waals surface area contributed by atoms with Gasteiger partial charge in [0.15, 0.2) is 0 Å². The minimum absolute atomic E-state index is 0.261. The molecular formula is C14H19FN2. The van der Waals surface area contributed by atoms with E-state index in [4.69, 9.17) is 0 Å². The van der Waals surface area contributed by atoms with Crippen LogP contribution in [0.4, 0.5) is 10.1 Å². The zero-order chi connectivity index (χ0) is 12.7. The molecule has 1 unspecified atom stereocenters. The molecule has 0 fully saturated rings. The van der Waals surface area contributed by atoms with E-state index in [-0.39, 0.29) is 5.82 Å². The van der Waals surface area contributed by atoms with Gasteiger partial charge in [-0.25, -0.2) is 4.39 Å². The maximum Gasteiger partial charge on any atom is 0.125 e. The monoisotopic (exact) mass is 234 g/mol. The first-order chi connectivity index (χ1) is 8.15. The molecule has 0 radical (unpaired) electrons. The molecule has 0 bridgehead atoms. The molecule has 0 heterocycles. The van der Waals surface area contributed by atoms with E-state index in [1.807, 2.05) is 6.92 Å². The van der Waals surface area contributed by atoms with Gasteiger partial charge in [-0.2, -0.15) is 5.26 Å². The summed E-state index contributed by atoms with van der Waals surface area (Å²) < 4.78 is 12.8. The summed E-state index contributed by atoms with van der Waals surface area (Å²) in [6.45, 7) is 4.10. The fourth-order valence-electron chi connectivity index (χ4n) is 1.78. The Morgan fingerprint density at radius 3 is 2.41 bits per heavy atom. The Hall–Kier alpha value is -1.56. The summed E-state index contributed by atoms with van der Waals surface area (Å²) in [7, 11) is 0. The summed E-state index contributed by atoms with van der Waals surface area (Å²) >= 11 is 0. The molecule has 0 spiro atoms. The Bertz CT molecular complexity index is 380. The number of unbranched alkanes of at least 4 members (excludes halogenated alkanes) is 1. The molecule has 0 aromatic heterocycles. The summed E-state index contributed by atoms with van der Waals surface area (Å²) in [6, 6.07) is 8.50. The lowest BCUT2D eigenvalue weighted by Crippen LogP contribution is -2.35. The summed E-state index contributed by atoms with van der Waals surface area (Å²) in [5.74, 6) is -0.261. The largest absolute Gasteiger partial charge is 0.367 e. The third-order valence-electron chi connectivity index (χ3n) is 3.00. The van der Waals surface area contributed by atoms with Crippen molar-refractivity contribution in [3.63, 3.8) is 0 Å². The van der Waals surface area contributed by atoms with Gasteiger partial charge in [0.1, 0.15) is 11.4 Å². The first-order valence-electron chi connectivity index (χ1n) is 6.11. The van der Waals surface area contributed by atoms with Crippen molar-refractivity contribution >= 4 is 5.69 Å². The van der Waals surface area contributed by atoms with Crippen LogP contribution in [0.5, 0.6) is 0 Å². The second-order valence-corrected chi connectivity index (χ2v) is 4.28. The quantitative estimate of drug-likeness (QED) is 0.804. The third kappa shape index (κ3) is 3.74. The number of hydrogen-bond donors (Lipinski definition) is 1. The number of halogens is 1. The molecule has 17 heavy (non-hydrogen) atoms. The van der Waals surface area contributed by atoms with E-state index in [9.17, 15) is 9.65 Å². The van der Waals surface area contributed by atoms with Crippen LogP contribution in [0.2, 0.25) is 0 Å². The summed E-state index contributed by atoms with van der Waals surface area (Å²) in [6.07, 6.45) is 3.62. The molecule has 1 atom stereocenters. The first-order valence-corrected chi connectivity index (χ1v) is 6.11. The van der Waals surface area contributed by atoms with Crippen molar-refractivity contribution in [2.45, 2.75) is 45.1 Å². The predicted molar refractivity (Wildman–Crippen MR) is 68.2 cm³/mol. The van der Waals surface area contributed by atoms with E-state index >= 15 is 0 Å². The lowest BCUT2D eigenvalue weighted by Gasteiger charge is -2.27. The Labute approximate surface area is 102 Å². The average Bonchev–Trinajstić information content (AvgIpc) is 2.37. The van der Waals surface area contributed by atoms with Gasteiger partial charge in [0, 0.05) is 5.69 Å². The summed E-state index contributed by atoms with van der Waals surface area (Å²) in [5, 5.41) is 12.6. The zero-order valence-corrected chi connectivity index (χ0v) is 10.5. The van der Waals surface area contributed by atoms with Gasteiger partial charge < -0.3 is 5.32 Å². The molecule has 0 aliphatic heterocycles. The Morgan fingerprint density at radius 2 is 1.94 bits per heavy atom. The zero-order valence-electron chi connectivity index (χ0n) is 10.5. The van der Waals surface area contributed by atoms with Crippen LogP contribution < -0.4 is 5.32 Å². The van der Waals surface area contributed by atoms with E-state index in [1.165, 1.54) is 12.1 Å². The third-order valence-corrected chi connectivity index (χ3v) is 3.00. The maximum absolute atomic E-state index is 12.8. The topological polar surface area (TPSA) is 35.8 Å². The number of anilines is 1. The standard InChI is InChI=1S/C14H19FN2/c1-3-5-10-14(4-2,11-16)17-13-8-6-12(15)7-9-13/h6-9,17H,3-5,10H2,1-2H3. The van der Waals surface area contributed by atoms with Crippen LogP contribution in [-0.4, -0.2) is 5.54 Å². The molecule has 0 amide bonds. The SMILES string of the molecule is CCCCC(C#N)(CC)Nc1ccc(F)cc1. The lowest BCUT2D eigenvalue weighted by atomic mass is 9.91. The fraction of sp³-hybridized carbons (Fsp3) is 0.500. The van der Waals surface area contributed by atoms with Gasteiger partial charge >= 0.3 is 0 Å². The molecule has 0 aliphatic rings. The van der Waals surface area contributed by atoms with Gasteiger partial charge in [-0.05, 0) is 37.1 Å². The Morgan fingerprint density at radius 1 is 1.29 bits per heavy atom. The highest BCUT2D eigenvalue weighted by Crippen LogP contribution is 2.24. The van der Waals surface area contributed by atoms with Crippen molar-refractivity contribution in [3.05, 3.63) is 30.1 Å². The van der Waals surface area contributed by atoms with E-state index in [2.05, 4.69) is 18.3 Å². The van der Waals surface area contributed by atoms with Crippen molar-refractivity contribution < 1.29 is 4.39 Å². The van der Waals surface area contributed by atoms with E-state index in [0.29, 0.717) is 0 Å². The second kappa shape index (κ2) is 6.24. The second-order valence-electron chi connectivity index (χ2n) is 4.28. The van der Waals surface area contributed by atoms with Crippen LogP contribution >= 0.6 is 0 Å². The number of hydrogen-bond acceptors (Lipinski definition) is 2. The molecule has 1 N–H and O–H groups in total. The molecule has 1 aromatic carbocycles. The van der Waals surface area contributed by atoms with Gasteiger partial charge in [0.25, 0.3) is 0 Å². The van der Waals surface area contributed by atoms with Gasteiger partial charge in [-0.3, -0.25) is 0 Å². The summed E-state index contributed by atoms with van der Waals surface area (Å²) in [5.41, 5.74) is 0.263. The predicted octanol–water partition coefficient (Wildman–Crippen LogP) is 4.10. The first kappa shape index (κ1) is 13.5. The highest BCUT2D eigenvalue weighted by atomic mass is 19.1.